The molecule has 41 heavy (non-hydrogen) atoms. The lowest BCUT2D eigenvalue weighted by Crippen LogP contribution is -2.36. The zero-order valence-electron chi connectivity index (χ0n) is 22.8. The summed E-state index contributed by atoms with van der Waals surface area (Å²) in [6.07, 6.45) is 0. The molecule has 1 aliphatic carbocycles. The maximum Gasteiger partial charge on any atom is 0.0754 e. The van der Waals surface area contributed by atoms with Crippen LogP contribution in [-0.4, -0.2) is 0 Å². The molecule has 0 aromatic heterocycles. The number of hydrogen-bond donors (Lipinski definition) is 0. The van der Waals surface area contributed by atoms with Crippen molar-refractivity contribution in [2.24, 2.45) is 0 Å². The van der Waals surface area contributed by atoms with Gasteiger partial charge >= 0.3 is 0 Å². The van der Waals surface area contributed by atoms with Gasteiger partial charge < -0.3 is 4.90 Å². The van der Waals surface area contributed by atoms with Crippen LogP contribution < -0.4 is 4.90 Å². The summed E-state index contributed by atoms with van der Waals surface area (Å²) in [4.78, 5) is 2.54. The Morgan fingerprint density at radius 2 is 0.976 bits per heavy atom. The largest absolute Gasteiger partial charge is 0.309 e. The van der Waals surface area contributed by atoms with Crippen molar-refractivity contribution in [1.82, 2.24) is 0 Å². The second-order valence-corrected chi connectivity index (χ2v) is 11.4. The topological polar surface area (TPSA) is 3.24 Å². The maximum absolute atomic E-state index is 2.54. The molecule has 0 radical (unpaired) electrons. The van der Waals surface area contributed by atoms with Gasteiger partial charge in [0.15, 0.2) is 0 Å². The van der Waals surface area contributed by atoms with Crippen LogP contribution in [0.25, 0.3) is 32.7 Å². The Hall–Kier alpha value is -5.14. The number of benzene rings is 7. The van der Waals surface area contributed by atoms with E-state index in [-0.39, 0.29) is 0 Å². The number of aryl methyl sites for hydroxylation is 1. The van der Waals surface area contributed by atoms with E-state index in [4.69, 9.17) is 0 Å². The highest BCUT2D eigenvalue weighted by Gasteiger charge is 2.52. The molecule has 9 rings (SSSR count). The molecule has 7 aromatic rings. The molecule has 1 heterocycles. The van der Waals surface area contributed by atoms with Crippen LogP contribution in [0.2, 0.25) is 0 Å². The van der Waals surface area contributed by atoms with Gasteiger partial charge in [-0.1, -0.05) is 139 Å². The number of hydrogen-bond acceptors (Lipinski definition) is 1. The minimum atomic E-state index is -0.441. The van der Waals surface area contributed by atoms with E-state index >= 15 is 0 Å². The molecule has 192 valence electrons. The van der Waals surface area contributed by atoms with Gasteiger partial charge in [0, 0.05) is 16.5 Å². The van der Waals surface area contributed by atoms with Crippen molar-refractivity contribution in [3.63, 3.8) is 0 Å². The average molecular weight is 522 g/mol. The summed E-state index contributed by atoms with van der Waals surface area (Å²) in [6.45, 7) is 2.20. The molecule has 0 saturated heterocycles. The standard InChI is InChI=1S/C40H27N/c1-26-19-22-35-33(25-26)32-17-9-10-18-34(32)40(35)36-23-20-27-11-5-7-15-30(27)38(36)41(29-13-3-2-4-14-29)39-31-16-8-6-12-28(31)21-24-37(39)40/h2-25H,1H3. The predicted octanol–water partition coefficient (Wildman–Crippen LogP) is 10.4. The van der Waals surface area contributed by atoms with E-state index in [1.165, 1.54) is 77.6 Å². The van der Waals surface area contributed by atoms with E-state index in [2.05, 4.69) is 157 Å². The van der Waals surface area contributed by atoms with E-state index in [0.717, 1.165) is 0 Å². The number of nitrogens with zero attached hydrogens (tertiary/aromatic N) is 1. The van der Waals surface area contributed by atoms with Crippen LogP contribution in [0.15, 0.2) is 146 Å². The quantitative estimate of drug-likeness (QED) is 0.208. The van der Waals surface area contributed by atoms with Crippen molar-refractivity contribution in [2.45, 2.75) is 12.3 Å². The second-order valence-electron chi connectivity index (χ2n) is 11.4. The molecule has 0 unspecified atom stereocenters. The molecular formula is C40H27N. The summed E-state index contributed by atoms with van der Waals surface area (Å²) in [5.41, 5.74) is 12.6. The zero-order valence-corrected chi connectivity index (χ0v) is 22.8. The van der Waals surface area contributed by atoms with Crippen LogP contribution in [0.5, 0.6) is 0 Å². The molecule has 1 nitrogen and oxygen atoms in total. The monoisotopic (exact) mass is 521 g/mol. The van der Waals surface area contributed by atoms with Crippen molar-refractivity contribution >= 4 is 38.6 Å². The van der Waals surface area contributed by atoms with Crippen LogP contribution >= 0.6 is 0 Å². The smallest absolute Gasteiger partial charge is 0.0754 e. The van der Waals surface area contributed by atoms with Crippen LogP contribution in [0.4, 0.5) is 17.1 Å². The molecule has 2 aliphatic rings. The van der Waals surface area contributed by atoms with Gasteiger partial charge in [0.1, 0.15) is 0 Å². The molecule has 7 aromatic carbocycles. The number of rotatable bonds is 1. The lowest BCUT2D eigenvalue weighted by Gasteiger charge is -2.46. The van der Waals surface area contributed by atoms with E-state index in [1.807, 2.05) is 0 Å². The first-order valence-corrected chi connectivity index (χ1v) is 14.4. The molecule has 0 amide bonds. The van der Waals surface area contributed by atoms with Crippen molar-refractivity contribution in [2.75, 3.05) is 4.90 Å². The van der Waals surface area contributed by atoms with Crippen molar-refractivity contribution in [1.29, 1.82) is 0 Å². The lowest BCUT2D eigenvalue weighted by atomic mass is 9.63. The number of fused-ring (bicyclic) bond motifs is 13. The Labute approximate surface area is 240 Å². The Kier molecular flexibility index (Phi) is 4.52. The zero-order chi connectivity index (χ0) is 27.1. The Morgan fingerprint density at radius 1 is 0.439 bits per heavy atom. The highest BCUT2D eigenvalue weighted by atomic mass is 15.2. The lowest BCUT2D eigenvalue weighted by molar-refractivity contribution is 0.756. The molecule has 0 N–H and O–H groups in total. The first-order chi connectivity index (χ1) is 20.3. The van der Waals surface area contributed by atoms with Crippen molar-refractivity contribution in [3.8, 4) is 11.1 Å². The van der Waals surface area contributed by atoms with Gasteiger partial charge in [-0.2, -0.15) is 0 Å². The average Bonchev–Trinajstić information content (AvgIpc) is 3.31. The van der Waals surface area contributed by atoms with Gasteiger partial charge in [0.25, 0.3) is 0 Å². The highest BCUT2D eigenvalue weighted by Crippen LogP contribution is 2.65. The Bertz CT molecular complexity index is 2090. The van der Waals surface area contributed by atoms with Gasteiger partial charge in [0.2, 0.25) is 0 Å². The second kappa shape index (κ2) is 8.19. The maximum atomic E-state index is 2.54. The molecule has 0 atom stereocenters. The SMILES string of the molecule is Cc1ccc2c(c1)-c1ccccc1C21c2ccc3ccccc3c2N(c2ccccc2)c2c1ccc1ccccc21. The molecule has 1 spiro atoms. The third-order valence-electron chi connectivity index (χ3n) is 9.27. The van der Waals surface area contributed by atoms with Gasteiger partial charge in [0.05, 0.1) is 16.8 Å². The fourth-order valence-corrected chi connectivity index (χ4v) is 7.67. The third kappa shape index (κ3) is 2.85. The third-order valence-corrected chi connectivity index (χ3v) is 9.27. The van der Waals surface area contributed by atoms with Crippen LogP contribution in [-0.2, 0) is 5.41 Å². The van der Waals surface area contributed by atoms with Gasteiger partial charge in [-0.05, 0) is 63.2 Å². The van der Waals surface area contributed by atoms with Gasteiger partial charge in [-0.15, -0.1) is 0 Å². The summed E-state index contributed by atoms with van der Waals surface area (Å²) in [7, 11) is 0. The summed E-state index contributed by atoms with van der Waals surface area (Å²) in [5.74, 6) is 0. The van der Waals surface area contributed by atoms with Crippen molar-refractivity contribution in [3.05, 3.63) is 173 Å². The minimum absolute atomic E-state index is 0.441. The first-order valence-electron chi connectivity index (χ1n) is 14.4. The summed E-state index contributed by atoms with van der Waals surface area (Å²) >= 11 is 0. The Morgan fingerprint density at radius 3 is 1.66 bits per heavy atom. The first kappa shape index (κ1) is 22.7. The van der Waals surface area contributed by atoms with E-state index in [1.54, 1.807) is 0 Å². The minimum Gasteiger partial charge on any atom is -0.309 e. The summed E-state index contributed by atoms with van der Waals surface area (Å²) in [5, 5.41) is 5.04. The summed E-state index contributed by atoms with van der Waals surface area (Å²) < 4.78 is 0. The van der Waals surface area contributed by atoms with E-state index < -0.39 is 5.41 Å². The molecule has 0 saturated carbocycles. The van der Waals surface area contributed by atoms with Gasteiger partial charge in [-0.25, -0.2) is 0 Å². The molecule has 1 aliphatic heterocycles. The van der Waals surface area contributed by atoms with Crippen LogP contribution in [0, 0.1) is 6.92 Å². The molecule has 0 bridgehead atoms. The van der Waals surface area contributed by atoms with E-state index in [0.29, 0.717) is 0 Å². The fourth-order valence-electron chi connectivity index (χ4n) is 7.67. The summed E-state index contributed by atoms with van der Waals surface area (Å²) in [6, 6.07) is 54.2. The predicted molar refractivity (Wildman–Crippen MR) is 172 cm³/mol. The number of para-hydroxylation sites is 1. The highest BCUT2D eigenvalue weighted by molar-refractivity contribution is 6.11. The fraction of sp³-hybridized carbons (Fsp3) is 0.0500. The molecular weight excluding hydrogens is 494 g/mol. The van der Waals surface area contributed by atoms with Crippen molar-refractivity contribution < 1.29 is 0 Å². The number of anilines is 3. The van der Waals surface area contributed by atoms with E-state index in [9.17, 15) is 0 Å². The van der Waals surface area contributed by atoms with Crippen LogP contribution in [0.3, 0.4) is 0 Å². The van der Waals surface area contributed by atoms with Gasteiger partial charge in [-0.3, -0.25) is 0 Å². The molecule has 1 heteroatoms. The normalized spacial score (nSPS) is 14.1. The Balaban J connectivity index is 1.56. The van der Waals surface area contributed by atoms with Crippen LogP contribution in [0.1, 0.15) is 27.8 Å². The molecule has 0 fully saturated rings.